The smallest absolute Gasteiger partial charge is 0.0206 e. The number of thiophene rings is 1. The van der Waals surface area contributed by atoms with Crippen molar-refractivity contribution >= 4 is 23.1 Å². The number of thioether (sulfide) groups is 1. The van der Waals surface area contributed by atoms with Crippen LogP contribution in [0.1, 0.15) is 50.3 Å². The summed E-state index contributed by atoms with van der Waals surface area (Å²) in [6.45, 7) is 10.2. The molecule has 0 bridgehead atoms. The summed E-state index contributed by atoms with van der Waals surface area (Å²) >= 11 is 4.09. The first kappa shape index (κ1) is 17.1. The van der Waals surface area contributed by atoms with Crippen LogP contribution in [0, 0.1) is 0 Å². The van der Waals surface area contributed by atoms with Gasteiger partial charge in [0.15, 0.2) is 0 Å². The molecule has 0 amide bonds. The highest BCUT2D eigenvalue weighted by molar-refractivity contribution is 7.99. The fourth-order valence-electron chi connectivity index (χ4n) is 1.90. The molecule has 3 heteroatoms. The van der Waals surface area contributed by atoms with Crippen molar-refractivity contribution in [1.29, 1.82) is 0 Å². The van der Waals surface area contributed by atoms with E-state index in [1.165, 1.54) is 41.2 Å². The van der Waals surface area contributed by atoms with Crippen LogP contribution in [0.3, 0.4) is 0 Å². The third-order valence-corrected chi connectivity index (χ3v) is 6.10. The zero-order chi connectivity index (χ0) is 14.1. The SMILES string of the molecule is CCCNC(CSC(C)CC)Cc1ccc(CC)s1. The van der Waals surface area contributed by atoms with E-state index >= 15 is 0 Å². The highest BCUT2D eigenvalue weighted by Gasteiger charge is 2.12. The monoisotopic (exact) mass is 299 g/mol. The molecule has 1 rings (SSSR count). The van der Waals surface area contributed by atoms with Crippen molar-refractivity contribution < 1.29 is 0 Å². The molecule has 19 heavy (non-hydrogen) atoms. The number of rotatable bonds is 10. The highest BCUT2D eigenvalue weighted by Crippen LogP contribution is 2.21. The van der Waals surface area contributed by atoms with Crippen LogP contribution in [0.25, 0.3) is 0 Å². The van der Waals surface area contributed by atoms with E-state index in [9.17, 15) is 0 Å². The Morgan fingerprint density at radius 2 is 1.95 bits per heavy atom. The molecule has 1 aromatic rings. The predicted molar refractivity (Wildman–Crippen MR) is 91.7 cm³/mol. The Morgan fingerprint density at radius 1 is 1.21 bits per heavy atom. The number of nitrogens with one attached hydrogen (secondary N) is 1. The maximum Gasteiger partial charge on any atom is 0.0206 e. The Bertz CT molecular complexity index is 335. The zero-order valence-electron chi connectivity index (χ0n) is 12.9. The second kappa shape index (κ2) is 9.84. The Kier molecular flexibility index (Phi) is 8.84. The Balaban J connectivity index is 2.47. The predicted octanol–water partition coefficient (Wildman–Crippen LogP) is 4.75. The second-order valence-electron chi connectivity index (χ2n) is 5.13. The lowest BCUT2D eigenvalue weighted by molar-refractivity contribution is 0.552. The van der Waals surface area contributed by atoms with Gasteiger partial charge in [-0.3, -0.25) is 0 Å². The van der Waals surface area contributed by atoms with Gasteiger partial charge in [0.05, 0.1) is 0 Å². The zero-order valence-corrected chi connectivity index (χ0v) is 14.5. The molecule has 2 atom stereocenters. The Hall–Kier alpha value is 0.01000. The average molecular weight is 300 g/mol. The topological polar surface area (TPSA) is 12.0 Å². The third-order valence-electron chi connectivity index (χ3n) is 3.35. The molecule has 0 aliphatic heterocycles. The van der Waals surface area contributed by atoms with Gasteiger partial charge in [-0.15, -0.1) is 11.3 Å². The summed E-state index contributed by atoms with van der Waals surface area (Å²) < 4.78 is 0. The molecule has 110 valence electrons. The number of hydrogen-bond acceptors (Lipinski definition) is 3. The van der Waals surface area contributed by atoms with Crippen LogP contribution < -0.4 is 5.32 Å². The molecule has 0 saturated heterocycles. The molecule has 0 spiro atoms. The average Bonchev–Trinajstić information content (AvgIpc) is 2.89. The van der Waals surface area contributed by atoms with Gasteiger partial charge < -0.3 is 5.32 Å². The molecule has 0 aromatic carbocycles. The Labute approximate surface area is 127 Å². The van der Waals surface area contributed by atoms with E-state index in [-0.39, 0.29) is 0 Å². The van der Waals surface area contributed by atoms with Crippen LogP contribution in [0.4, 0.5) is 0 Å². The molecule has 0 saturated carbocycles. The van der Waals surface area contributed by atoms with E-state index in [0.717, 1.165) is 11.8 Å². The van der Waals surface area contributed by atoms with Gasteiger partial charge in [0.2, 0.25) is 0 Å². The first-order chi connectivity index (χ1) is 9.19. The normalized spacial score (nSPS) is 14.5. The summed E-state index contributed by atoms with van der Waals surface area (Å²) in [6.07, 6.45) is 4.84. The van der Waals surface area contributed by atoms with Gasteiger partial charge in [-0.2, -0.15) is 11.8 Å². The maximum absolute atomic E-state index is 3.71. The number of hydrogen-bond donors (Lipinski definition) is 1. The van der Waals surface area contributed by atoms with Crippen molar-refractivity contribution in [3.05, 3.63) is 21.9 Å². The van der Waals surface area contributed by atoms with Gasteiger partial charge in [0.1, 0.15) is 0 Å². The van der Waals surface area contributed by atoms with Gasteiger partial charge in [-0.05, 0) is 44.4 Å². The summed E-state index contributed by atoms with van der Waals surface area (Å²) in [6, 6.07) is 5.24. The number of aryl methyl sites for hydroxylation is 1. The fraction of sp³-hybridized carbons (Fsp3) is 0.750. The van der Waals surface area contributed by atoms with Gasteiger partial charge in [-0.25, -0.2) is 0 Å². The molecule has 0 radical (unpaired) electrons. The van der Waals surface area contributed by atoms with Crippen LogP contribution in [0.2, 0.25) is 0 Å². The van der Waals surface area contributed by atoms with E-state index < -0.39 is 0 Å². The van der Waals surface area contributed by atoms with Crippen LogP contribution in [0.5, 0.6) is 0 Å². The summed E-state index contributed by atoms with van der Waals surface area (Å²) in [5.41, 5.74) is 0. The largest absolute Gasteiger partial charge is 0.313 e. The van der Waals surface area contributed by atoms with Crippen molar-refractivity contribution in [3.63, 3.8) is 0 Å². The fourth-order valence-corrected chi connectivity index (χ4v) is 3.97. The van der Waals surface area contributed by atoms with Gasteiger partial charge in [-0.1, -0.05) is 27.7 Å². The second-order valence-corrected chi connectivity index (χ2v) is 7.85. The minimum atomic E-state index is 0.627. The van der Waals surface area contributed by atoms with E-state index in [1.807, 2.05) is 11.3 Å². The summed E-state index contributed by atoms with van der Waals surface area (Å²) in [5.74, 6) is 1.23. The summed E-state index contributed by atoms with van der Waals surface area (Å²) in [4.78, 5) is 3.05. The van der Waals surface area contributed by atoms with E-state index in [4.69, 9.17) is 0 Å². The molecule has 0 aliphatic carbocycles. The van der Waals surface area contributed by atoms with E-state index in [2.05, 4.69) is 56.9 Å². The maximum atomic E-state index is 3.71. The van der Waals surface area contributed by atoms with Crippen LogP contribution in [-0.4, -0.2) is 23.6 Å². The van der Waals surface area contributed by atoms with E-state index in [0.29, 0.717) is 6.04 Å². The first-order valence-electron chi connectivity index (χ1n) is 7.62. The molecule has 0 fully saturated rings. The minimum Gasteiger partial charge on any atom is -0.313 e. The lowest BCUT2D eigenvalue weighted by Gasteiger charge is -2.19. The third kappa shape index (κ3) is 6.82. The minimum absolute atomic E-state index is 0.627. The van der Waals surface area contributed by atoms with Crippen LogP contribution in [0.15, 0.2) is 12.1 Å². The quantitative estimate of drug-likeness (QED) is 0.669. The Morgan fingerprint density at radius 3 is 2.53 bits per heavy atom. The van der Waals surface area contributed by atoms with Crippen LogP contribution >= 0.6 is 23.1 Å². The molecular formula is C16H29NS2. The molecule has 1 N–H and O–H groups in total. The highest BCUT2D eigenvalue weighted by atomic mass is 32.2. The van der Waals surface area contributed by atoms with Gasteiger partial charge in [0.25, 0.3) is 0 Å². The van der Waals surface area contributed by atoms with Crippen LogP contribution in [-0.2, 0) is 12.8 Å². The molecule has 1 heterocycles. The lowest BCUT2D eigenvalue weighted by Crippen LogP contribution is -2.34. The first-order valence-corrected chi connectivity index (χ1v) is 9.48. The van der Waals surface area contributed by atoms with Crippen molar-refractivity contribution in [2.75, 3.05) is 12.3 Å². The van der Waals surface area contributed by atoms with Crippen molar-refractivity contribution in [1.82, 2.24) is 5.32 Å². The van der Waals surface area contributed by atoms with Crippen molar-refractivity contribution in [2.45, 2.75) is 64.7 Å². The van der Waals surface area contributed by atoms with Crippen molar-refractivity contribution in [3.8, 4) is 0 Å². The molecule has 2 unspecified atom stereocenters. The standard InChI is InChI=1S/C16H29NS2/c1-5-10-17-14(12-18-13(4)6-2)11-16-9-8-15(7-3)19-16/h8-9,13-14,17H,5-7,10-12H2,1-4H3. The van der Waals surface area contributed by atoms with E-state index in [1.54, 1.807) is 0 Å². The van der Waals surface area contributed by atoms with Gasteiger partial charge in [0, 0.05) is 26.8 Å². The molecule has 0 aliphatic rings. The van der Waals surface area contributed by atoms with Crippen molar-refractivity contribution in [2.24, 2.45) is 0 Å². The lowest BCUT2D eigenvalue weighted by atomic mass is 10.2. The molecular weight excluding hydrogens is 270 g/mol. The van der Waals surface area contributed by atoms with Gasteiger partial charge >= 0.3 is 0 Å². The molecule has 1 nitrogen and oxygen atoms in total. The molecule has 1 aromatic heterocycles. The summed E-state index contributed by atoms with van der Waals surface area (Å²) in [7, 11) is 0. The summed E-state index contributed by atoms with van der Waals surface area (Å²) in [5, 5.41) is 4.49.